The Morgan fingerprint density at radius 3 is 2.69 bits per heavy atom. The van der Waals surface area contributed by atoms with Crippen LogP contribution in [0.1, 0.15) is 17.0 Å². The average Bonchev–Trinajstić information content (AvgIpc) is 3.01. The van der Waals surface area contributed by atoms with E-state index in [9.17, 15) is 5.26 Å². The Bertz CT molecular complexity index is 1040. The van der Waals surface area contributed by atoms with Crippen molar-refractivity contribution in [3.8, 4) is 11.8 Å². The van der Waals surface area contributed by atoms with E-state index >= 15 is 0 Å². The Balaban J connectivity index is 2.00. The second-order valence-corrected chi connectivity index (χ2v) is 7.40. The predicted molar refractivity (Wildman–Crippen MR) is 112 cm³/mol. The summed E-state index contributed by atoms with van der Waals surface area (Å²) in [5.41, 5.74) is 4.19. The lowest BCUT2D eigenvalue weighted by atomic mass is 10.1. The van der Waals surface area contributed by atoms with E-state index in [4.69, 9.17) is 4.74 Å². The second-order valence-electron chi connectivity index (χ2n) is 5.69. The van der Waals surface area contributed by atoms with E-state index in [0.29, 0.717) is 23.8 Å². The zero-order valence-corrected chi connectivity index (χ0v) is 17.2. The van der Waals surface area contributed by atoms with Gasteiger partial charge in [0.1, 0.15) is 24.3 Å². The van der Waals surface area contributed by atoms with E-state index in [1.807, 2.05) is 37.3 Å². The highest BCUT2D eigenvalue weighted by Crippen LogP contribution is 2.35. The van der Waals surface area contributed by atoms with Crippen molar-refractivity contribution in [3.63, 3.8) is 0 Å². The molecule has 6 heteroatoms. The second kappa shape index (κ2) is 7.90. The van der Waals surface area contributed by atoms with Crippen LogP contribution < -0.4 is 4.74 Å². The molecular weight excluding hydrogens is 458 g/mol. The molecule has 130 valence electrons. The highest BCUT2D eigenvalue weighted by atomic mass is 79.9. The van der Waals surface area contributed by atoms with E-state index in [1.54, 1.807) is 12.2 Å². The molecule has 2 aromatic carbocycles. The normalized spacial score (nSPS) is 11.4. The van der Waals surface area contributed by atoms with Crippen molar-refractivity contribution in [1.82, 2.24) is 9.97 Å². The lowest BCUT2D eigenvalue weighted by Gasteiger charge is -2.09. The van der Waals surface area contributed by atoms with Crippen LogP contribution in [0.15, 0.2) is 51.9 Å². The van der Waals surface area contributed by atoms with E-state index in [2.05, 4.69) is 54.5 Å². The number of fused-ring (bicyclic) bond motifs is 1. The number of allylic oxidation sites excluding steroid dienone is 1. The lowest BCUT2D eigenvalue weighted by molar-refractivity contribution is 0.358. The minimum atomic E-state index is 0.411. The maximum Gasteiger partial charge on any atom is 0.149 e. The van der Waals surface area contributed by atoms with Gasteiger partial charge in [-0.2, -0.15) is 5.26 Å². The van der Waals surface area contributed by atoms with Crippen LogP contribution in [0.2, 0.25) is 0 Å². The molecular formula is C20H15Br2N3O. The Morgan fingerprint density at radius 1 is 1.31 bits per heavy atom. The van der Waals surface area contributed by atoms with Gasteiger partial charge in [-0.25, -0.2) is 4.98 Å². The number of nitrogens with one attached hydrogen (secondary N) is 1. The van der Waals surface area contributed by atoms with Gasteiger partial charge in [-0.1, -0.05) is 18.7 Å². The first-order valence-corrected chi connectivity index (χ1v) is 9.41. The number of aryl methyl sites for hydroxylation is 1. The predicted octanol–water partition coefficient (Wildman–Crippen LogP) is 6.03. The molecule has 0 saturated heterocycles. The number of nitrogens with zero attached hydrogens (tertiary/aromatic N) is 2. The summed E-state index contributed by atoms with van der Waals surface area (Å²) in [6.45, 7) is 6.08. The number of nitriles is 1. The van der Waals surface area contributed by atoms with Crippen LogP contribution in [0, 0.1) is 18.3 Å². The maximum absolute atomic E-state index is 9.59. The summed E-state index contributed by atoms with van der Waals surface area (Å²) in [5.74, 6) is 1.24. The molecule has 0 aliphatic carbocycles. The summed E-state index contributed by atoms with van der Waals surface area (Å²) in [7, 11) is 0. The van der Waals surface area contributed by atoms with Crippen LogP contribution in [-0.4, -0.2) is 16.6 Å². The topological polar surface area (TPSA) is 61.7 Å². The van der Waals surface area contributed by atoms with Gasteiger partial charge in [0.2, 0.25) is 0 Å². The molecule has 0 fully saturated rings. The van der Waals surface area contributed by atoms with Crippen molar-refractivity contribution in [1.29, 1.82) is 5.26 Å². The van der Waals surface area contributed by atoms with Crippen molar-refractivity contribution in [2.75, 3.05) is 6.61 Å². The molecule has 0 spiro atoms. The highest BCUT2D eigenvalue weighted by molar-refractivity contribution is 9.11. The first-order chi connectivity index (χ1) is 12.5. The summed E-state index contributed by atoms with van der Waals surface area (Å²) in [6, 6.07) is 12.0. The standard InChI is InChI=1S/C20H15Br2N3O/c1-3-6-26-19-15(21)9-13(10-16(19)22)8-14(11-23)20-24-17-5-4-12(2)7-18(17)25-20/h3-5,7-10H,1,6H2,2H3,(H,24,25). The van der Waals surface area contributed by atoms with Crippen LogP contribution >= 0.6 is 31.9 Å². The van der Waals surface area contributed by atoms with Crippen LogP contribution in [0.3, 0.4) is 0 Å². The Hall–Kier alpha value is -2.36. The van der Waals surface area contributed by atoms with Crippen LogP contribution in [-0.2, 0) is 0 Å². The number of hydrogen-bond donors (Lipinski definition) is 1. The molecule has 1 N–H and O–H groups in total. The third kappa shape index (κ3) is 3.90. The lowest BCUT2D eigenvalue weighted by Crippen LogP contribution is -1.95. The van der Waals surface area contributed by atoms with Gasteiger partial charge >= 0.3 is 0 Å². The fourth-order valence-electron chi connectivity index (χ4n) is 2.51. The third-order valence-electron chi connectivity index (χ3n) is 3.69. The summed E-state index contributed by atoms with van der Waals surface area (Å²) in [4.78, 5) is 7.73. The Kier molecular flexibility index (Phi) is 5.60. The average molecular weight is 473 g/mol. The zero-order valence-electron chi connectivity index (χ0n) is 14.0. The monoisotopic (exact) mass is 471 g/mol. The number of aromatic amines is 1. The van der Waals surface area contributed by atoms with Crippen molar-refractivity contribution in [2.24, 2.45) is 0 Å². The quantitative estimate of drug-likeness (QED) is 0.364. The molecule has 26 heavy (non-hydrogen) atoms. The minimum absolute atomic E-state index is 0.411. The largest absolute Gasteiger partial charge is 0.487 e. The summed E-state index contributed by atoms with van der Waals surface area (Å²) < 4.78 is 7.20. The Morgan fingerprint density at radius 2 is 2.04 bits per heavy atom. The SMILES string of the molecule is C=CCOc1c(Br)cc(C=C(C#N)c2nc3ccc(C)cc3[nH]2)cc1Br. The van der Waals surface area contributed by atoms with Gasteiger partial charge in [0, 0.05) is 0 Å². The number of rotatable bonds is 5. The number of imidazole rings is 1. The summed E-state index contributed by atoms with van der Waals surface area (Å²) in [6.07, 6.45) is 3.47. The van der Waals surface area contributed by atoms with Gasteiger partial charge < -0.3 is 9.72 Å². The van der Waals surface area contributed by atoms with Crippen molar-refractivity contribution >= 4 is 54.5 Å². The van der Waals surface area contributed by atoms with E-state index in [-0.39, 0.29) is 0 Å². The van der Waals surface area contributed by atoms with Crippen LogP contribution in [0.5, 0.6) is 5.75 Å². The zero-order chi connectivity index (χ0) is 18.7. The van der Waals surface area contributed by atoms with E-state index < -0.39 is 0 Å². The first-order valence-electron chi connectivity index (χ1n) is 7.83. The van der Waals surface area contributed by atoms with Crippen molar-refractivity contribution in [3.05, 3.63) is 68.9 Å². The molecule has 1 heterocycles. The summed E-state index contributed by atoms with van der Waals surface area (Å²) >= 11 is 7.01. The van der Waals surface area contributed by atoms with Crippen molar-refractivity contribution < 1.29 is 4.74 Å². The van der Waals surface area contributed by atoms with Gasteiger partial charge in [-0.15, -0.1) is 0 Å². The first kappa shape index (κ1) is 18.4. The molecule has 3 rings (SSSR count). The van der Waals surface area contributed by atoms with Gasteiger partial charge in [0.05, 0.1) is 25.6 Å². The highest BCUT2D eigenvalue weighted by Gasteiger charge is 2.11. The van der Waals surface area contributed by atoms with E-state index in [0.717, 1.165) is 31.1 Å². The molecule has 0 amide bonds. The molecule has 1 aromatic heterocycles. The third-order valence-corrected chi connectivity index (χ3v) is 4.87. The van der Waals surface area contributed by atoms with Gasteiger partial charge in [0.15, 0.2) is 0 Å². The number of ether oxygens (including phenoxy) is 1. The molecule has 0 unspecified atom stereocenters. The summed E-state index contributed by atoms with van der Waals surface area (Å²) in [5, 5.41) is 9.59. The molecule has 0 bridgehead atoms. The fraction of sp³-hybridized carbons (Fsp3) is 0.100. The van der Waals surface area contributed by atoms with Crippen LogP contribution in [0.4, 0.5) is 0 Å². The number of aromatic nitrogens is 2. The molecule has 0 atom stereocenters. The molecule has 0 radical (unpaired) electrons. The van der Waals surface area contributed by atoms with Crippen molar-refractivity contribution in [2.45, 2.75) is 6.92 Å². The van der Waals surface area contributed by atoms with Gasteiger partial charge in [-0.05, 0) is 80.3 Å². The smallest absolute Gasteiger partial charge is 0.149 e. The van der Waals surface area contributed by atoms with Crippen LogP contribution in [0.25, 0.3) is 22.7 Å². The molecule has 0 aliphatic rings. The number of benzene rings is 2. The maximum atomic E-state index is 9.59. The molecule has 0 saturated carbocycles. The Labute approximate surface area is 168 Å². The number of halogens is 2. The number of hydrogen-bond acceptors (Lipinski definition) is 3. The van der Waals surface area contributed by atoms with Gasteiger partial charge in [-0.3, -0.25) is 0 Å². The number of H-pyrrole nitrogens is 1. The molecule has 0 aliphatic heterocycles. The minimum Gasteiger partial charge on any atom is -0.487 e. The fourth-order valence-corrected chi connectivity index (χ4v) is 3.97. The van der Waals surface area contributed by atoms with E-state index in [1.165, 1.54) is 0 Å². The molecule has 4 nitrogen and oxygen atoms in total. The van der Waals surface area contributed by atoms with Gasteiger partial charge in [0.25, 0.3) is 0 Å². The molecule has 3 aromatic rings.